The molecule has 3 heterocycles. The predicted octanol–water partition coefficient (Wildman–Crippen LogP) is 4.34. The summed E-state index contributed by atoms with van der Waals surface area (Å²) in [6, 6.07) is 5.16. The zero-order chi connectivity index (χ0) is 24.0. The van der Waals surface area contributed by atoms with Crippen LogP contribution in [0.1, 0.15) is 30.8 Å². The largest absolute Gasteiger partial charge is 0.358 e. The Bertz CT molecular complexity index is 1590. The highest BCUT2D eigenvalue weighted by Crippen LogP contribution is 2.28. The minimum Gasteiger partial charge on any atom is -0.358 e. The number of anilines is 1. The number of halogens is 3. The van der Waals surface area contributed by atoms with Gasteiger partial charge in [-0.1, -0.05) is 13.0 Å². The van der Waals surface area contributed by atoms with Gasteiger partial charge in [0.15, 0.2) is 11.5 Å². The number of aromatic nitrogens is 6. The van der Waals surface area contributed by atoms with Gasteiger partial charge in [-0.05, 0) is 43.2 Å². The molecule has 5 rings (SSSR count). The summed E-state index contributed by atoms with van der Waals surface area (Å²) in [4.78, 5) is 33.5. The van der Waals surface area contributed by atoms with Gasteiger partial charge < -0.3 is 10.3 Å². The van der Waals surface area contributed by atoms with Gasteiger partial charge in [0.2, 0.25) is 0 Å². The summed E-state index contributed by atoms with van der Waals surface area (Å²) < 4.78 is 44.9. The average molecular weight is 465 g/mol. The number of hydrogen-bond donors (Lipinski definition) is 2. The zero-order valence-electron chi connectivity index (χ0n) is 18.1. The standard InChI is InChI=1S/C23H18F3N7O/c1-3-15(31-21-18-20(28-9-27-18)29-10-30-21)22-32-16-8-7-12(24)11(2)17(16)23(34)33(22)19-13(25)5-4-6-14(19)26/h4-10,15H,3H2,1-2H3,(H2,27,28,29,30,31). The monoisotopic (exact) mass is 465 g/mol. The summed E-state index contributed by atoms with van der Waals surface area (Å²) in [5.74, 6) is -2.11. The maximum Gasteiger partial charge on any atom is 0.266 e. The summed E-state index contributed by atoms with van der Waals surface area (Å²) in [6.07, 6.45) is 3.15. The van der Waals surface area contributed by atoms with Gasteiger partial charge in [0, 0.05) is 0 Å². The number of benzene rings is 2. The van der Waals surface area contributed by atoms with Crippen molar-refractivity contribution in [3.63, 3.8) is 0 Å². The van der Waals surface area contributed by atoms with Crippen molar-refractivity contribution in [1.29, 1.82) is 0 Å². The van der Waals surface area contributed by atoms with Crippen molar-refractivity contribution in [2.24, 2.45) is 0 Å². The van der Waals surface area contributed by atoms with Crippen molar-refractivity contribution in [2.75, 3.05) is 5.32 Å². The maximum absolute atomic E-state index is 14.9. The van der Waals surface area contributed by atoms with E-state index in [1.807, 2.05) is 6.92 Å². The number of para-hydroxylation sites is 1. The molecule has 34 heavy (non-hydrogen) atoms. The number of nitrogens with zero attached hydrogens (tertiary/aromatic N) is 5. The summed E-state index contributed by atoms with van der Waals surface area (Å²) in [5, 5.41) is 3.12. The van der Waals surface area contributed by atoms with Crippen molar-refractivity contribution < 1.29 is 13.2 Å². The molecule has 3 aromatic heterocycles. The average Bonchev–Trinajstić information content (AvgIpc) is 3.30. The lowest BCUT2D eigenvalue weighted by Crippen LogP contribution is -2.30. The number of aryl methyl sites for hydroxylation is 1. The maximum atomic E-state index is 14.9. The lowest BCUT2D eigenvalue weighted by molar-refractivity contribution is 0.553. The van der Waals surface area contributed by atoms with Crippen molar-refractivity contribution in [3.05, 3.63) is 82.2 Å². The third kappa shape index (κ3) is 3.36. The molecule has 0 fully saturated rings. The van der Waals surface area contributed by atoms with Crippen LogP contribution in [0.4, 0.5) is 19.0 Å². The summed E-state index contributed by atoms with van der Waals surface area (Å²) in [5.41, 5.74) is -0.177. The molecule has 0 aliphatic carbocycles. The van der Waals surface area contributed by atoms with Gasteiger partial charge in [-0.2, -0.15) is 0 Å². The molecule has 11 heteroatoms. The Labute approximate surface area is 190 Å². The minimum atomic E-state index is -0.952. The van der Waals surface area contributed by atoms with Crippen LogP contribution in [0, 0.1) is 24.4 Å². The fraction of sp³-hybridized carbons (Fsp3) is 0.174. The molecule has 172 valence electrons. The van der Waals surface area contributed by atoms with Gasteiger partial charge >= 0.3 is 0 Å². The first-order valence-corrected chi connectivity index (χ1v) is 10.5. The van der Waals surface area contributed by atoms with Crippen molar-refractivity contribution in [3.8, 4) is 5.69 Å². The van der Waals surface area contributed by atoms with Crippen LogP contribution in [0.2, 0.25) is 0 Å². The minimum absolute atomic E-state index is 0.0429. The third-order valence-electron chi connectivity index (χ3n) is 5.67. The highest BCUT2D eigenvalue weighted by atomic mass is 19.1. The number of fused-ring (bicyclic) bond motifs is 2. The normalized spacial score (nSPS) is 12.4. The first-order chi connectivity index (χ1) is 16.4. The van der Waals surface area contributed by atoms with Crippen LogP contribution < -0.4 is 10.9 Å². The van der Waals surface area contributed by atoms with Gasteiger partial charge in [0.25, 0.3) is 5.56 Å². The molecule has 0 spiro atoms. The summed E-state index contributed by atoms with van der Waals surface area (Å²) >= 11 is 0. The van der Waals surface area contributed by atoms with Crippen LogP contribution in [0.25, 0.3) is 27.8 Å². The second-order valence-electron chi connectivity index (χ2n) is 7.68. The van der Waals surface area contributed by atoms with Gasteiger partial charge in [0.1, 0.15) is 40.8 Å². The number of rotatable bonds is 5. The van der Waals surface area contributed by atoms with E-state index in [-0.39, 0.29) is 22.3 Å². The quantitative estimate of drug-likeness (QED) is 0.400. The Morgan fingerprint density at radius 2 is 1.82 bits per heavy atom. The van der Waals surface area contributed by atoms with E-state index < -0.39 is 34.7 Å². The van der Waals surface area contributed by atoms with Gasteiger partial charge in [0.05, 0.1) is 23.3 Å². The van der Waals surface area contributed by atoms with E-state index in [0.717, 1.165) is 16.7 Å². The Morgan fingerprint density at radius 3 is 2.56 bits per heavy atom. The van der Waals surface area contributed by atoms with E-state index in [1.54, 1.807) is 0 Å². The van der Waals surface area contributed by atoms with Crippen molar-refractivity contribution in [1.82, 2.24) is 29.5 Å². The van der Waals surface area contributed by atoms with E-state index >= 15 is 0 Å². The van der Waals surface area contributed by atoms with E-state index in [9.17, 15) is 18.0 Å². The first-order valence-electron chi connectivity index (χ1n) is 10.5. The lowest BCUT2D eigenvalue weighted by Gasteiger charge is -2.23. The van der Waals surface area contributed by atoms with Crippen LogP contribution in [0.15, 0.2) is 47.8 Å². The summed E-state index contributed by atoms with van der Waals surface area (Å²) in [7, 11) is 0. The predicted molar refractivity (Wildman–Crippen MR) is 120 cm³/mol. The molecule has 2 N–H and O–H groups in total. The molecule has 0 amide bonds. The topological polar surface area (TPSA) is 101 Å². The highest BCUT2D eigenvalue weighted by molar-refractivity contribution is 5.83. The van der Waals surface area contributed by atoms with Crippen molar-refractivity contribution in [2.45, 2.75) is 26.3 Å². The van der Waals surface area contributed by atoms with E-state index in [0.29, 0.717) is 23.4 Å². The summed E-state index contributed by atoms with van der Waals surface area (Å²) in [6.45, 7) is 3.24. The Kier molecular flexibility index (Phi) is 5.23. The highest BCUT2D eigenvalue weighted by Gasteiger charge is 2.26. The van der Waals surface area contributed by atoms with Crippen LogP contribution in [0.5, 0.6) is 0 Å². The number of H-pyrrole nitrogens is 1. The molecular formula is C23H18F3N7O. The molecule has 1 atom stereocenters. The number of imidazole rings is 1. The molecule has 2 aromatic carbocycles. The smallest absolute Gasteiger partial charge is 0.266 e. The molecule has 0 saturated heterocycles. The molecule has 0 radical (unpaired) electrons. The SMILES string of the molecule is CCC(Nc1ncnc2nc[nH]c12)c1nc2ccc(F)c(C)c2c(=O)n1-c1c(F)cccc1F. The Balaban J connectivity index is 1.81. The number of nitrogens with one attached hydrogen (secondary N) is 2. The molecule has 1 unspecified atom stereocenters. The molecule has 0 aliphatic heterocycles. The zero-order valence-corrected chi connectivity index (χ0v) is 18.1. The van der Waals surface area contributed by atoms with Crippen molar-refractivity contribution >= 4 is 27.9 Å². The number of hydrogen-bond acceptors (Lipinski definition) is 6. The van der Waals surface area contributed by atoms with Crippen LogP contribution in [-0.2, 0) is 0 Å². The van der Waals surface area contributed by atoms with Crippen LogP contribution >= 0.6 is 0 Å². The molecule has 0 saturated carbocycles. The molecule has 0 bridgehead atoms. The first kappa shape index (κ1) is 21.6. The fourth-order valence-electron chi connectivity index (χ4n) is 3.97. The molecular weight excluding hydrogens is 447 g/mol. The van der Waals surface area contributed by atoms with Crippen LogP contribution in [0.3, 0.4) is 0 Å². The van der Waals surface area contributed by atoms with Crippen LogP contribution in [-0.4, -0.2) is 29.5 Å². The van der Waals surface area contributed by atoms with E-state index in [1.165, 1.54) is 37.8 Å². The molecule has 5 aromatic rings. The second-order valence-corrected chi connectivity index (χ2v) is 7.68. The Hall–Kier alpha value is -4.28. The van der Waals surface area contributed by atoms with Gasteiger partial charge in [-0.25, -0.2) is 33.1 Å². The third-order valence-corrected chi connectivity index (χ3v) is 5.67. The molecule has 8 nitrogen and oxygen atoms in total. The second kappa shape index (κ2) is 8.25. The fourth-order valence-corrected chi connectivity index (χ4v) is 3.97. The molecule has 0 aliphatic rings. The number of aromatic amines is 1. The van der Waals surface area contributed by atoms with Gasteiger partial charge in [-0.15, -0.1) is 0 Å². The lowest BCUT2D eigenvalue weighted by atomic mass is 10.1. The Morgan fingerprint density at radius 1 is 1.06 bits per heavy atom. The van der Waals surface area contributed by atoms with Gasteiger partial charge in [-0.3, -0.25) is 9.36 Å². The van der Waals surface area contributed by atoms with E-state index in [2.05, 4.69) is 30.2 Å². The van der Waals surface area contributed by atoms with E-state index in [4.69, 9.17) is 0 Å².